The molecule has 1 heterocycles. The highest BCUT2D eigenvalue weighted by Gasteiger charge is 2.05. The van der Waals surface area contributed by atoms with Crippen LogP contribution in [0.2, 0.25) is 0 Å². The number of aromatic amines is 1. The van der Waals surface area contributed by atoms with Crippen molar-refractivity contribution in [2.45, 2.75) is 33.5 Å². The van der Waals surface area contributed by atoms with E-state index in [9.17, 15) is 4.79 Å². The average Bonchev–Trinajstić information content (AvgIpc) is 2.44. The Labute approximate surface area is 124 Å². The van der Waals surface area contributed by atoms with E-state index in [1.54, 1.807) is 0 Å². The molecule has 0 aliphatic carbocycles. The molecule has 1 aromatic heterocycles. The number of nitrogens with zero attached hydrogens (tertiary/aromatic N) is 1. The average molecular weight is 288 g/mol. The smallest absolute Gasteiger partial charge is 0.251 e. The van der Waals surface area contributed by atoms with Crippen LogP contribution in [0, 0.1) is 0 Å². The van der Waals surface area contributed by atoms with Crippen molar-refractivity contribution in [2.75, 3.05) is 6.61 Å². The van der Waals surface area contributed by atoms with Gasteiger partial charge in [-0.3, -0.25) is 4.79 Å². The van der Waals surface area contributed by atoms with Crippen molar-refractivity contribution < 1.29 is 9.47 Å². The lowest BCUT2D eigenvalue weighted by Gasteiger charge is -2.10. The fourth-order valence-electron chi connectivity index (χ4n) is 1.90. The SMILES string of the molecule is CCOCc1nc(-c2ccc(OC(C)C)cc2)cc(=O)[nH]1. The number of benzene rings is 1. The van der Waals surface area contributed by atoms with Crippen molar-refractivity contribution >= 4 is 0 Å². The summed E-state index contributed by atoms with van der Waals surface area (Å²) in [6, 6.07) is 9.02. The van der Waals surface area contributed by atoms with E-state index in [2.05, 4.69) is 9.97 Å². The van der Waals surface area contributed by atoms with Gasteiger partial charge in [-0.15, -0.1) is 0 Å². The minimum Gasteiger partial charge on any atom is -0.491 e. The summed E-state index contributed by atoms with van der Waals surface area (Å²) >= 11 is 0. The molecule has 0 unspecified atom stereocenters. The van der Waals surface area contributed by atoms with Crippen LogP contribution in [0.15, 0.2) is 35.1 Å². The van der Waals surface area contributed by atoms with E-state index < -0.39 is 0 Å². The normalized spacial score (nSPS) is 10.9. The predicted molar refractivity (Wildman–Crippen MR) is 81.4 cm³/mol. The molecule has 2 aromatic rings. The number of hydrogen-bond acceptors (Lipinski definition) is 4. The quantitative estimate of drug-likeness (QED) is 0.887. The molecule has 0 aliphatic heterocycles. The van der Waals surface area contributed by atoms with E-state index >= 15 is 0 Å². The first kappa shape index (κ1) is 15.3. The molecule has 0 radical (unpaired) electrons. The molecule has 112 valence electrons. The zero-order valence-electron chi connectivity index (χ0n) is 12.6. The number of hydrogen-bond donors (Lipinski definition) is 1. The molecule has 0 saturated heterocycles. The summed E-state index contributed by atoms with van der Waals surface area (Å²) in [7, 11) is 0. The maximum Gasteiger partial charge on any atom is 0.251 e. The van der Waals surface area contributed by atoms with Gasteiger partial charge in [0.05, 0.1) is 11.8 Å². The van der Waals surface area contributed by atoms with Crippen molar-refractivity contribution in [3.8, 4) is 17.0 Å². The highest BCUT2D eigenvalue weighted by atomic mass is 16.5. The first-order valence-corrected chi connectivity index (χ1v) is 7.03. The summed E-state index contributed by atoms with van der Waals surface area (Å²) < 4.78 is 10.9. The first-order chi connectivity index (χ1) is 10.1. The van der Waals surface area contributed by atoms with Crippen LogP contribution < -0.4 is 10.3 Å². The highest BCUT2D eigenvalue weighted by Crippen LogP contribution is 2.20. The van der Waals surface area contributed by atoms with E-state index in [0.717, 1.165) is 11.3 Å². The Kier molecular flexibility index (Phi) is 5.11. The minimum absolute atomic E-state index is 0.131. The third kappa shape index (κ3) is 4.43. The maximum absolute atomic E-state index is 11.7. The molecule has 0 spiro atoms. The van der Waals surface area contributed by atoms with E-state index in [1.807, 2.05) is 45.0 Å². The Morgan fingerprint density at radius 3 is 2.57 bits per heavy atom. The van der Waals surface area contributed by atoms with Crippen molar-refractivity contribution in [3.05, 3.63) is 46.5 Å². The number of rotatable bonds is 6. The summed E-state index contributed by atoms with van der Waals surface area (Å²) in [5.41, 5.74) is 1.32. The number of nitrogens with one attached hydrogen (secondary N) is 1. The molecule has 0 saturated carbocycles. The second-order valence-electron chi connectivity index (χ2n) is 4.91. The van der Waals surface area contributed by atoms with Crippen LogP contribution in [-0.4, -0.2) is 22.7 Å². The molecule has 5 heteroatoms. The molecule has 0 atom stereocenters. The molecule has 5 nitrogen and oxygen atoms in total. The summed E-state index contributed by atoms with van der Waals surface area (Å²) in [5.74, 6) is 1.33. The summed E-state index contributed by atoms with van der Waals surface area (Å²) in [5, 5.41) is 0. The van der Waals surface area contributed by atoms with E-state index in [0.29, 0.717) is 24.7 Å². The summed E-state index contributed by atoms with van der Waals surface area (Å²) in [6.45, 7) is 6.73. The van der Waals surface area contributed by atoms with Gasteiger partial charge in [0, 0.05) is 18.2 Å². The van der Waals surface area contributed by atoms with Gasteiger partial charge in [0.25, 0.3) is 5.56 Å². The Morgan fingerprint density at radius 1 is 1.24 bits per heavy atom. The molecule has 1 aromatic carbocycles. The largest absolute Gasteiger partial charge is 0.491 e. The Hall–Kier alpha value is -2.14. The molecule has 0 bridgehead atoms. The lowest BCUT2D eigenvalue weighted by atomic mass is 10.1. The molecule has 2 rings (SSSR count). The standard InChI is InChI=1S/C16H20N2O3/c1-4-20-10-15-17-14(9-16(19)18-15)12-5-7-13(8-6-12)21-11(2)3/h5-9,11H,4,10H2,1-3H3,(H,17,18,19). The van der Waals surface area contributed by atoms with Gasteiger partial charge in [0.15, 0.2) is 0 Å². The molecule has 1 N–H and O–H groups in total. The van der Waals surface area contributed by atoms with Crippen molar-refractivity contribution in [1.82, 2.24) is 9.97 Å². The predicted octanol–water partition coefficient (Wildman–Crippen LogP) is 2.76. The van der Waals surface area contributed by atoms with Crippen LogP contribution in [0.4, 0.5) is 0 Å². The van der Waals surface area contributed by atoms with Gasteiger partial charge in [0.1, 0.15) is 18.2 Å². The van der Waals surface area contributed by atoms with Gasteiger partial charge >= 0.3 is 0 Å². The maximum atomic E-state index is 11.7. The molecule has 0 amide bonds. The highest BCUT2D eigenvalue weighted by molar-refractivity contribution is 5.59. The monoisotopic (exact) mass is 288 g/mol. The van der Waals surface area contributed by atoms with E-state index in [-0.39, 0.29) is 11.7 Å². The van der Waals surface area contributed by atoms with Gasteiger partial charge in [-0.05, 0) is 45.0 Å². The zero-order chi connectivity index (χ0) is 15.2. The van der Waals surface area contributed by atoms with Crippen LogP contribution >= 0.6 is 0 Å². The van der Waals surface area contributed by atoms with Crippen LogP contribution in [0.5, 0.6) is 5.75 Å². The van der Waals surface area contributed by atoms with Gasteiger partial charge in [-0.1, -0.05) is 0 Å². The second kappa shape index (κ2) is 7.04. The van der Waals surface area contributed by atoms with Crippen LogP contribution in [0.25, 0.3) is 11.3 Å². The zero-order valence-corrected chi connectivity index (χ0v) is 12.6. The molecular formula is C16H20N2O3. The van der Waals surface area contributed by atoms with Crippen molar-refractivity contribution in [3.63, 3.8) is 0 Å². The first-order valence-electron chi connectivity index (χ1n) is 7.03. The summed E-state index contributed by atoms with van der Waals surface area (Å²) in [4.78, 5) is 18.8. The van der Waals surface area contributed by atoms with Crippen molar-refractivity contribution in [2.24, 2.45) is 0 Å². The van der Waals surface area contributed by atoms with Crippen LogP contribution in [-0.2, 0) is 11.3 Å². The third-order valence-corrected chi connectivity index (χ3v) is 2.76. The number of H-pyrrole nitrogens is 1. The number of aromatic nitrogens is 2. The van der Waals surface area contributed by atoms with Gasteiger partial charge in [0.2, 0.25) is 0 Å². The lowest BCUT2D eigenvalue weighted by Crippen LogP contribution is -2.12. The molecule has 21 heavy (non-hydrogen) atoms. The Bertz CT molecular complexity index is 633. The molecular weight excluding hydrogens is 268 g/mol. The van der Waals surface area contributed by atoms with Gasteiger partial charge in [-0.25, -0.2) is 4.98 Å². The van der Waals surface area contributed by atoms with E-state index in [1.165, 1.54) is 6.07 Å². The Balaban J connectivity index is 2.24. The Morgan fingerprint density at radius 2 is 1.95 bits per heavy atom. The van der Waals surface area contributed by atoms with E-state index in [4.69, 9.17) is 9.47 Å². The third-order valence-electron chi connectivity index (χ3n) is 2.76. The fraction of sp³-hybridized carbons (Fsp3) is 0.375. The topological polar surface area (TPSA) is 64.2 Å². The fourth-order valence-corrected chi connectivity index (χ4v) is 1.90. The van der Waals surface area contributed by atoms with Gasteiger partial charge < -0.3 is 14.5 Å². The molecule has 0 fully saturated rings. The number of ether oxygens (including phenoxy) is 2. The van der Waals surface area contributed by atoms with Crippen LogP contribution in [0.1, 0.15) is 26.6 Å². The molecule has 0 aliphatic rings. The van der Waals surface area contributed by atoms with Crippen molar-refractivity contribution in [1.29, 1.82) is 0 Å². The lowest BCUT2D eigenvalue weighted by molar-refractivity contribution is 0.128. The van der Waals surface area contributed by atoms with Gasteiger partial charge in [-0.2, -0.15) is 0 Å². The second-order valence-corrected chi connectivity index (χ2v) is 4.91. The summed E-state index contributed by atoms with van der Waals surface area (Å²) in [6.07, 6.45) is 0.131. The minimum atomic E-state index is -0.183. The van der Waals surface area contributed by atoms with Crippen LogP contribution in [0.3, 0.4) is 0 Å².